The number of benzene rings is 1. The van der Waals surface area contributed by atoms with E-state index in [2.05, 4.69) is 5.32 Å². The Morgan fingerprint density at radius 1 is 1.29 bits per heavy atom. The highest BCUT2D eigenvalue weighted by Crippen LogP contribution is 2.29. The van der Waals surface area contributed by atoms with E-state index in [9.17, 15) is 14.4 Å². The van der Waals surface area contributed by atoms with Crippen LogP contribution in [0, 0.1) is 13.8 Å². The normalized spacial score (nSPS) is 13.2. The number of thiophene rings is 1. The van der Waals surface area contributed by atoms with Crippen molar-refractivity contribution in [2.24, 2.45) is 0 Å². The number of aryl methyl sites for hydroxylation is 2. The van der Waals surface area contributed by atoms with E-state index < -0.39 is 18.5 Å². The average molecular weight is 344 g/mol. The van der Waals surface area contributed by atoms with Crippen molar-refractivity contribution in [1.82, 2.24) is 0 Å². The molecule has 6 nitrogen and oxygen atoms in total. The summed E-state index contributed by atoms with van der Waals surface area (Å²) in [5, 5.41) is 2.71. The van der Waals surface area contributed by atoms with Crippen LogP contribution in [0.2, 0.25) is 0 Å². The van der Waals surface area contributed by atoms with Gasteiger partial charge in [-0.2, -0.15) is 0 Å². The fraction of sp³-hybridized carbons (Fsp3) is 0.235. The molecule has 0 bridgehead atoms. The summed E-state index contributed by atoms with van der Waals surface area (Å²) in [6, 6.07) is 8.75. The molecule has 1 aliphatic rings. The number of para-hydroxylation sites is 2. The molecule has 7 heteroatoms. The van der Waals surface area contributed by atoms with E-state index in [-0.39, 0.29) is 12.5 Å². The molecule has 0 atom stereocenters. The number of fused-ring (bicyclic) bond motifs is 1. The van der Waals surface area contributed by atoms with E-state index >= 15 is 0 Å². The second-order valence-electron chi connectivity index (χ2n) is 5.45. The highest BCUT2D eigenvalue weighted by Gasteiger charge is 2.27. The number of hydrogen-bond acceptors (Lipinski definition) is 5. The molecule has 3 rings (SSSR count). The maximum absolute atomic E-state index is 12.4. The molecule has 24 heavy (non-hydrogen) atoms. The lowest BCUT2D eigenvalue weighted by Gasteiger charge is -2.28. The predicted octanol–water partition coefficient (Wildman–Crippen LogP) is 2.51. The van der Waals surface area contributed by atoms with Gasteiger partial charge >= 0.3 is 5.97 Å². The minimum Gasteiger partial charge on any atom is -0.452 e. The van der Waals surface area contributed by atoms with Gasteiger partial charge in [0, 0.05) is 9.75 Å². The molecule has 124 valence electrons. The highest BCUT2D eigenvalue weighted by molar-refractivity contribution is 7.12. The van der Waals surface area contributed by atoms with Gasteiger partial charge in [-0.3, -0.25) is 14.5 Å². The molecule has 1 aliphatic heterocycles. The second kappa shape index (κ2) is 6.45. The topological polar surface area (TPSA) is 75.7 Å². The number of nitrogens with one attached hydrogen (secondary N) is 1. The average Bonchev–Trinajstić information content (AvgIpc) is 2.90. The number of rotatable bonds is 3. The van der Waals surface area contributed by atoms with Crippen molar-refractivity contribution >= 4 is 40.5 Å². The van der Waals surface area contributed by atoms with Gasteiger partial charge in [0.05, 0.1) is 16.9 Å². The first-order valence-electron chi connectivity index (χ1n) is 7.39. The van der Waals surface area contributed by atoms with Crippen LogP contribution in [0.15, 0.2) is 30.3 Å². The zero-order chi connectivity index (χ0) is 17.3. The first-order chi connectivity index (χ1) is 11.5. The molecule has 1 aromatic heterocycles. The fourth-order valence-corrected chi connectivity index (χ4v) is 3.48. The standard InChI is InChI=1S/C17H16N2O4S/c1-10-7-12(11(2)24-10)17(22)23-9-16(21)19-8-15(20)18-13-5-3-4-6-14(13)19/h3-7H,8-9H2,1-2H3,(H,18,20). The van der Waals surface area contributed by atoms with Crippen LogP contribution < -0.4 is 10.2 Å². The summed E-state index contributed by atoms with van der Waals surface area (Å²) in [6.45, 7) is 3.24. The maximum Gasteiger partial charge on any atom is 0.339 e. The molecule has 0 aliphatic carbocycles. The molecule has 2 heterocycles. The van der Waals surface area contributed by atoms with Crippen molar-refractivity contribution in [3.8, 4) is 0 Å². The van der Waals surface area contributed by atoms with Gasteiger partial charge in [-0.1, -0.05) is 12.1 Å². The summed E-state index contributed by atoms with van der Waals surface area (Å²) in [7, 11) is 0. The van der Waals surface area contributed by atoms with Crippen LogP contribution in [0.3, 0.4) is 0 Å². The maximum atomic E-state index is 12.4. The number of carbonyl (C=O) groups is 3. The summed E-state index contributed by atoms with van der Waals surface area (Å²) in [4.78, 5) is 39.4. The molecule has 1 N–H and O–H groups in total. The summed E-state index contributed by atoms with van der Waals surface area (Å²) < 4.78 is 5.13. The van der Waals surface area contributed by atoms with Crippen LogP contribution in [-0.2, 0) is 14.3 Å². The Hall–Kier alpha value is -2.67. The lowest BCUT2D eigenvalue weighted by atomic mass is 10.2. The van der Waals surface area contributed by atoms with E-state index in [1.165, 1.54) is 16.2 Å². The molecule has 0 fully saturated rings. The number of amides is 2. The van der Waals surface area contributed by atoms with Crippen molar-refractivity contribution in [1.29, 1.82) is 0 Å². The third-order valence-electron chi connectivity index (χ3n) is 3.66. The Morgan fingerprint density at radius 2 is 2.04 bits per heavy atom. The number of nitrogens with zero attached hydrogens (tertiary/aromatic N) is 1. The Labute approximate surface area is 143 Å². The Morgan fingerprint density at radius 3 is 2.75 bits per heavy atom. The van der Waals surface area contributed by atoms with Gasteiger partial charge in [0.1, 0.15) is 6.54 Å². The lowest BCUT2D eigenvalue weighted by molar-refractivity contribution is -0.124. The monoisotopic (exact) mass is 344 g/mol. The number of esters is 1. The summed E-state index contributed by atoms with van der Waals surface area (Å²) in [5.41, 5.74) is 1.64. The van der Waals surface area contributed by atoms with Crippen LogP contribution in [0.5, 0.6) is 0 Å². The van der Waals surface area contributed by atoms with Crippen LogP contribution in [0.1, 0.15) is 20.1 Å². The van der Waals surface area contributed by atoms with Gasteiger partial charge in [-0.15, -0.1) is 11.3 Å². The molecular formula is C17H16N2O4S. The Balaban J connectivity index is 1.70. The zero-order valence-corrected chi connectivity index (χ0v) is 14.1. The smallest absolute Gasteiger partial charge is 0.339 e. The number of carbonyl (C=O) groups excluding carboxylic acids is 3. The van der Waals surface area contributed by atoms with Crippen molar-refractivity contribution in [3.63, 3.8) is 0 Å². The van der Waals surface area contributed by atoms with E-state index in [1.807, 2.05) is 13.8 Å². The summed E-state index contributed by atoms with van der Waals surface area (Å²) >= 11 is 1.50. The summed E-state index contributed by atoms with van der Waals surface area (Å²) in [6.07, 6.45) is 0. The Bertz CT molecular complexity index is 828. The molecule has 2 aromatic rings. The third kappa shape index (κ3) is 3.16. The minimum atomic E-state index is -0.528. The molecule has 0 radical (unpaired) electrons. The lowest BCUT2D eigenvalue weighted by Crippen LogP contribution is -2.44. The molecular weight excluding hydrogens is 328 g/mol. The molecule has 2 amide bonds. The Kier molecular flexibility index (Phi) is 4.35. The van der Waals surface area contributed by atoms with E-state index in [4.69, 9.17) is 4.74 Å². The molecule has 1 aromatic carbocycles. The van der Waals surface area contributed by atoms with Crippen LogP contribution in [-0.4, -0.2) is 30.9 Å². The first-order valence-corrected chi connectivity index (χ1v) is 8.21. The molecule has 0 saturated carbocycles. The molecule has 0 saturated heterocycles. The third-order valence-corrected chi connectivity index (χ3v) is 4.63. The van der Waals surface area contributed by atoms with Gasteiger partial charge in [0.25, 0.3) is 5.91 Å². The van der Waals surface area contributed by atoms with Crippen molar-refractivity contribution in [3.05, 3.63) is 45.6 Å². The quantitative estimate of drug-likeness (QED) is 0.868. The van der Waals surface area contributed by atoms with Crippen LogP contribution in [0.4, 0.5) is 11.4 Å². The number of hydrogen-bond donors (Lipinski definition) is 1. The highest BCUT2D eigenvalue weighted by atomic mass is 32.1. The number of ether oxygens (including phenoxy) is 1. The van der Waals surface area contributed by atoms with Gasteiger partial charge in [0.2, 0.25) is 5.91 Å². The van der Waals surface area contributed by atoms with E-state index in [0.29, 0.717) is 16.9 Å². The minimum absolute atomic E-state index is 0.0933. The van der Waals surface area contributed by atoms with Gasteiger partial charge < -0.3 is 10.1 Å². The van der Waals surface area contributed by atoms with E-state index in [0.717, 1.165) is 9.75 Å². The fourth-order valence-electron chi connectivity index (χ4n) is 2.57. The van der Waals surface area contributed by atoms with Crippen LogP contribution >= 0.6 is 11.3 Å². The van der Waals surface area contributed by atoms with Crippen molar-refractivity contribution in [2.45, 2.75) is 13.8 Å². The SMILES string of the molecule is Cc1cc(C(=O)OCC(=O)N2CC(=O)Nc3ccccc32)c(C)s1. The second-order valence-corrected chi connectivity index (χ2v) is 6.91. The summed E-state index contributed by atoms with van der Waals surface area (Å²) in [5.74, 6) is -1.24. The van der Waals surface area contributed by atoms with Gasteiger partial charge in [-0.05, 0) is 32.0 Å². The van der Waals surface area contributed by atoms with Gasteiger partial charge in [-0.25, -0.2) is 4.79 Å². The predicted molar refractivity (Wildman–Crippen MR) is 91.5 cm³/mol. The van der Waals surface area contributed by atoms with Crippen molar-refractivity contribution < 1.29 is 19.1 Å². The van der Waals surface area contributed by atoms with Crippen LogP contribution in [0.25, 0.3) is 0 Å². The van der Waals surface area contributed by atoms with Gasteiger partial charge in [0.15, 0.2) is 6.61 Å². The largest absolute Gasteiger partial charge is 0.452 e. The first kappa shape index (κ1) is 16.2. The molecule has 0 unspecified atom stereocenters. The molecule has 0 spiro atoms. The van der Waals surface area contributed by atoms with Crippen molar-refractivity contribution in [2.75, 3.05) is 23.4 Å². The zero-order valence-electron chi connectivity index (χ0n) is 13.3. The van der Waals surface area contributed by atoms with E-state index in [1.54, 1.807) is 30.3 Å². The number of anilines is 2.